The van der Waals surface area contributed by atoms with Gasteiger partial charge in [-0.1, -0.05) is 22.6 Å². The number of alkyl halides is 1. The first-order valence-corrected chi connectivity index (χ1v) is 5.95. The van der Waals surface area contributed by atoms with Gasteiger partial charge in [-0.2, -0.15) is 12.6 Å². The fraction of sp³-hybridized carbons (Fsp3) is 1.00. The maximum absolute atomic E-state index is 4.25. The summed E-state index contributed by atoms with van der Waals surface area (Å²) in [6, 6.07) is 0.842. The molecule has 1 atom stereocenters. The highest BCUT2D eigenvalue weighted by atomic mass is 127. The Morgan fingerprint density at radius 1 is 1.60 bits per heavy atom. The molecule has 0 N–H and O–H groups in total. The Morgan fingerprint density at radius 3 is 3.00 bits per heavy atom. The van der Waals surface area contributed by atoms with Crippen molar-refractivity contribution in [3.8, 4) is 0 Å². The number of hydrogen-bond acceptors (Lipinski definition) is 2. The van der Waals surface area contributed by atoms with Gasteiger partial charge in [-0.25, -0.2) is 0 Å². The van der Waals surface area contributed by atoms with E-state index in [1.807, 2.05) is 0 Å². The fourth-order valence-electron chi connectivity index (χ4n) is 1.53. The van der Waals surface area contributed by atoms with Crippen molar-refractivity contribution in [3.05, 3.63) is 0 Å². The van der Waals surface area contributed by atoms with E-state index >= 15 is 0 Å². The molecule has 0 saturated carbocycles. The van der Waals surface area contributed by atoms with Gasteiger partial charge >= 0.3 is 0 Å². The molecule has 3 heteroatoms. The second-order valence-electron chi connectivity index (χ2n) is 2.74. The first kappa shape index (κ1) is 9.13. The van der Waals surface area contributed by atoms with Crippen molar-refractivity contribution in [3.63, 3.8) is 0 Å². The number of nitrogens with zero attached hydrogens (tertiary/aromatic N) is 1. The predicted molar refractivity (Wildman–Crippen MR) is 57.1 cm³/mol. The smallest absolute Gasteiger partial charge is 0.0508 e. The van der Waals surface area contributed by atoms with Gasteiger partial charge in [0.25, 0.3) is 0 Å². The highest BCUT2D eigenvalue weighted by Crippen LogP contribution is 2.20. The van der Waals surface area contributed by atoms with E-state index in [0.717, 1.165) is 11.8 Å². The maximum Gasteiger partial charge on any atom is 0.0508 e. The summed E-state index contributed by atoms with van der Waals surface area (Å²) in [7, 11) is 0. The molecule has 60 valence electrons. The Labute approximate surface area is 82.1 Å². The van der Waals surface area contributed by atoms with Crippen molar-refractivity contribution in [2.75, 3.05) is 16.8 Å². The average Bonchev–Trinajstić information content (AvgIpc) is 2.36. The molecule has 10 heavy (non-hydrogen) atoms. The zero-order chi connectivity index (χ0) is 7.40. The first-order valence-electron chi connectivity index (χ1n) is 3.79. The Kier molecular flexibility index (Phi) is 4.41. The molecular formula is C7H14INS. The van der Waals surface area contributed by atoms with E-state index in [1.54, 1.807) is 0 Å². The van der Waals surface area contributed by atoms with E-state index in [2.05, 4.69) is 40.1 Å². The lowest BCUT2D eigenvalue weighted by molar-refractivity contribution is 0.300. The van der Waals surface area contributed by atoms with Crippen molar-refractivity contribution < 1.29 is 0 Å². The summed E-state index contributed by atoms with van der Waals surface area (Å²) in [4.78, 5) is 2.55. The molecule has 1 saturated heterocycles. The predicted octanol–water partition coefficient (Wildman–Crippen LogP) is 2.16. The van der Waals surface area contributed by atoms with Crippen LogP contribution in [0.25, 0.3) is 0 Å². The monoisotopic (exact) mass is 271 g/mol. The molecule has 0 aromatic heterocycles. The van der Waals surface area contributed by atoms with Crippen LogP contribution < -0.4 is 0 Å². The molecular weight excluding hydrogens is 257 g/mol. The summed E-state index contributed by atoms with van der Waals surface area (Å²) in [5.74, 6) is 1.04. The lowest BCUT2D eigenvalue weighted by Gasteiger charge is -2.20. The number of rotatable bonds is 3. The van der Waals surface area contributed by atoms with Gasteiger partial charge in [0, 0.05) is 6.04 Å². The molecule has 1 rings (SSSR count). The zero-order valence-corrected chi connectivity index (χ0v) is 9.14. The van der Waals surface area contributed by atoms with Crippen molar-refractivity contribution in [1.29, 1.82) is 0 Å². The minimum atomic E-state index is 0.842. The second-order valence-corrected chi connectivity index (χ2v) is 3.87. The molecule has 0 spiro atoms. The number of thiol groups is 1. The zero-order valence-electron chi connectivity index (χ0n) is 6.09. The lowest BCUT2D eigenvalue weighted by atomic mass is 10.2. The SMILES string of the molecule is SCCC1CCCN1CI. The third kappa shape index (κ3) is 2.27. The van der Waals surface area contributed by atoms with E-state index in [1.165, 1.54) is 30.4 Å². The highest BCUT2D eigenvalue weighted by Gasteiger charge is 2.21. The van der Waals surface area contributed by atoms with Gasteiger partial charge in [-0.3, -0.25) is 4.90 Å². The van der Waals surface area contributed by atoms with Crippen LogP contribution in [0.15, 0.2) is 0 Å². The molecule has 0 aromatic carbocycles. The van der Waals surface area contributed by atoms with Crippen LogP contribution in [0.5, 0.6) is 0 Å². The fourth-order valence-corrected chi connectivity index (χ4v) is 2.72. The summed E-state index contributed by atoms with van der Waals surface area (Å²) < 4.78 is 1.19. The van der Waals surface area contributed by atoms with Crippen molar-refractivity contribution in [1.82, 2.24) is 4.90 Å². The van der Waals surface area contributed by atoms with Crippen LogP contribution in [0.3, 0.4) is 0 Å². The van der Waals surface area contributed by atoms with Crippen LogP contribution in [-0.4, -0.2) is 27.8 Å². The van der Waals surface area contributed by atoms with E-state index in [-0.39, 0.29) is 0 Å². The van der Waals surface area contributed by atoms with Gasteiger partial charge in [0.15, 0.2) is 0 Å². The van der Waals surface area contributed by atoms with Crippen molar-refractivity contribution >= 4 is 35.2 Å². The van der Waals surface area contributed by atoms with Gasteiger partial charge in [-0.15, -0.1) is 0 Å². The van der Waals surface area contributed by atoms with Crippen molar-refractivity contribution in [2.45, 2.75) is 25.3 Å². The van der Waals surface area contributed by atoms with Crippen LogP contribution in [0.2, 0.25) is 0 Å². The summed E-state index contributed by atoms with van der Waals surface area (Å²) in [5, 5.41) is 0. The Bertz CT molecular complexity index is 99.6. The molecule has 1 fully saturated rings. The number of halogens is 1. The normalized spacial score (nSPS) is 27.6. The van der Waals surface area contributed by atoms with Gasteiger partial charge in [-0.05, 0) is 31.6 Å². The Hall–Kier alpha value is 1.04. The molecule has 1 heterocycles. The number of likely N-dealkylation sites (tertiary alicyclic amines) is 1. The average molecular weight is 271 g/mol. The van der Waals surface area contributed by atoms with Gasteiger partial charge < -0.3 is 0 Å². The molecule has 0 bridgehead atoms. The molecule has 1 aliphatic rings. The lowest BCUT2D eigenvalue weighted by Crippen LogP contribution is -2.28. The summed E-state index contributed by atoms with van der Waals surface area (Å²) in [6.07, 6.45) is 4.05. The Morgan fingerprint density at radius 2 is 2.40 bits per heavy atom. The molecule has 0 amide bonds. The van der Waals surface area contributed by atoms with Gasteiger partial charge in [0.05, 0.1) is 4.55 Å². The van der Waals surface area contributed by atoms with Gasteiger partial charge in [0.1, 0.15) is 0 Å². The standard InChI is InChI=1S/C7H14INS/c8-6-9-4-1-2-7(9)3-5-10/h7,10H,1-6H2. The van der Waals surface area contributed by atoms with E-state index in [4.69, 9.17) is 0 Å². The molecule has 1 nitrogen and oxygen atoms in total. The minimum absolute atomic E-state index is 0.842. The van der Waals surface area contributed by atoms with Crippen LogP contribution in [0, 0.1) is 0 Å². The summed E-state index contributed by atoms with van der Waals surface area (Å²) >= 11 is 6.69. The summed E-state index contributed by atoms with van der Waals surface area (Å²) in [6.45, 7) is 1.31. The topological polar surface area (TPSA) is 3.24 Å². The second kappa shape index (κ2) is 4.83. The largest absolute Gasteiger partial charge is 0.291 e. The molecule has 0 aromatic rings. The van der Waals surface area contributed by atoms with Gasteiger partial charge in [0.2, 0.25) is 0 Å². The molecule has 1 aliphatic heterocycles. The van der Waals surface area contributed by atoms with E-state index in [0.29, 0.717) is 0 Å². The molecule has 0 aliphatic carbocycles. The van der Waals surface area contributed by atoms with Crippen LogP contribution in [0.4, 0.5) is 0 Å². The highest BCUT2D eigenvalue weighted by molar-refractivity contribution is 14.1. The van der Waals surface area contributed by atoms with Crippen LogP contribution >= 0.6 is 35.2 Å². The molecule has 1 unspecified atom stereocenters. The first-order chi connectivity index (χ1) is 4.88. The Balaban J connectivity index is 2.27. The third-order valence-corrected chi connectivity index (χ3v) is 3.25. The third-order valence-electron chi connectivity index (χ3n) is 2.11. The van der Waals surface area contributed by atoms with Crippen LogP contribution in [0.1, 0.15) is 19.3 Å². The van der Waals surface area contributed by atoms with E-state index < -0.39 is 0 Å². The quantitative estimate of drug-likeness (QED) is 0.356. The summed E-state index contributed by atoms with van der Waals surface area (Å²) in [5.41, 5.74) is 0. The van der Waals surface area contributed by atoms with Crippen LogP contribution in [-0.2, 0) is 0 Å². The number of hydrogen-bond donors (Lipinski definition) is 1. The van der Waals surface area contributed by atoms with Crippen molar-refractivity contribution in [2.24, 2.45) is 0 Å². The minimum Gasteiger partial charge on any atom is -0.291 e. The molecule has 0 radical (unpaired) electrons. The van der Waals surface area contributed by atoms with E-state index in [9.17, 15) is 0 Å². The maximum atomic E-state index is 4.25.